The number of hydrogen-bond donors (Lipinski definition) is 0. The van der Waals surface area contributed by atoms with Crippen molar-refractivity contribution in [3.05, 3.63) is 54.1 Å². The number of methoxy groups -OCH3 is 1. The Morgan fingerprint density at radius 3 is 1.82 bits per heavy atom. The van der Waals surface area contributed by atoms with E-state index in [0.717, 1.165) is 16.4 Å². The average Bonchev–Trinajstić information content (AvgIpc) is 2.39. The summed E-state index contributed by atoms with van der Waals surface area (Å²) in [6.45, 7) is 2.02. The summed E-state index contributed by atoms with van der Waals surface area (Å²) >= 11 is 0. The molecule has 17 heavy (non-hydrogen) atoms. The summed E-state index contributed by atoms with van der Waals surface area (Å²) < 4.78 is 17.3. The van der Waals surface area contributed by atoms with Crippen LogP contribution in [0.15, 0.2) is 48.5 Å². The van der Waals surface area contributed by atoms with Gasteiger partial charge in [0.2, 0.25) is 0 Å². The first kappa shape index (κ1) is 11.8. The highest BCUT2D eigenvalue weighted by molar-refractivity contribution is 7.61. The van der Waals surface area contributed by atoms with Gasteiger partial charge in [0.15, 0.2) is 10.6 Å². The molecule has 3 heteroatoms. The molecule has 2 aromatic rings. The van der Waals surface area contributed by atoms with Crippen LogP contribution < -0.4 is 15.3 Å². The second-order valence-electron chi connectivity index (χ2n) is 3.83. The van der Waals surface area contributed by atoms with Crippen molar-refractivity contribution in [1.82, 2.24) is 0 Å². The lowest BCUT2D eigenvalue weighted by molar-refractivity contribution is 0.415. The lowest BCUT2D eigenvalue weighted by atomic mass is 10.2. The maximum atomic E-state index is 12.3. The Labute approximate surface area is 102 Å². The SMILES string of the molecule is COc1ccc([P+](=O)c2ccc(C)cc2)cc1. The highest BCUT2D eigenvalue weighted by Crippen LogP contribution is 2.21. The fourth-order valence-electron chi connectivity index (χ4n) is 1.55. The van der Waals surface area contributed by atoms with Crippen molar-refractivity contribution in [2.45, 2.75) is 6.92 Å². The average molecular weight is 245 g/mol. The first-order chi connectivity index (χ1) is 8.20. The van der Waals surface area contributed by atoms with Crippen LogP contribution in [0, 0.1) is 6.92 Å². The molecule has 0 fully saturated rings. The van der Waals surface area contributed by atoms with Gasteiger partial charge >= 0.3 is 7.80 Å². The molecule has 0 bridgehead atoms. The zero-order valence-corrected chi connectivity index (χ0v) is 10.8. The molecule has 0 N–H and O–H groups in total. The number of aryl methyl sites for hydroxylation is 1. The van der Waals surface area contributed by atoms with Crippen molar-refractivity contribution in [2.24, 2.45) is 0 Å². The Hall–Kier alpha value is -1.66. The molecular weight excluding hydrogens is 231 g/mol. The van der Waals surface area contributed by atoms with E-state index >= 15 is 0 Å². The molecule has 0 aliphatic heterocycles. The predicted octanol–water partition coefficient (Wildman–Crippen LogP) is 2.78. The maximum Gasteiger partial charge on any atom is 0.415 e. The summed E-state index contributed by atoms with van der Waals surface area (Å²) in [7, 11) is 0.114. The van der Waals surface area contributed by atoms with Gasteiger partial charge in [0.25, 0.3) is 0 Å². The van der Waals surface area contributed by atoms with Crippen LogP contribution in [0.4, 0.5) is 0 Å². The van der Waals surface area contributed by atoms with Crippen molar-refractivity contribution in [1.29, 1.82) is 0 Å². The maximum absolute atomic E-state index is 12.3. The standard InChI is InChI=1S/C14H14O2P/c1-11-3-7-13(8-4-11)17(15)14-9-5-12(16-2)6-10-14/h3-10H,1-2H3/q+1. The van der Waals surface area contributed by atoms with E-state index in [4.69, 9.17) is 4.74 Å². The Morgan fingerprint density at radius 2 is 1.35 bits per heavy atom. The Kier molecular flexibility index (Phi) is 3.55. The fraction of sp³-hybridized carbons (Fsp3) is 0.143. The molecule has 0 saturated carbocycles. The summed E-state index contributed by atoms with van der Waals surface area (Å²) in [5, 5.41) is 1.68. The normalized spacial score (nSPS) is 11.1. The minimum atomic E-state index is -1.51. The summed E-state index contributed by atoms with van der Waals surface area (Å²) in [4.78, 5) is 0. The predicted molar refractivity (Wildman–Crippen MR) is 71.0 cm³/mol. The van der Waals surface area contributed by atoms with Crippen molar-refractivity contribution in [2.75, 3.05) is 7.11 Å². The van der Waals surface area contributed by atoms with Crippen LogP contribution in [0.5, 0.6) is 5.75 Å². The molecule has 0 aliphatic rings. The minimum Gasteiger partial charge on any atom is -0.497 e. The zero-order chi connectivity index (χ0) is 12.3. The van der Waals surface area contributed by atoms with Crippen LogP contribution in [0.3, 0.4) is 0 Å². The lowest BCUT2D eigenvalue weighted by Crippen LogP contribution is -2.06. The number of rotatable bonds is 3. The van der Waals surface area contributed by atoms with Gasteiger partial charge in [-0.15, -0.1) is 0 Å². The number of benzene rings is 2. The third-order valence-electron chi connectivity index (χ3n) is 2.58. The van der Waals surface area contributed by atoms with Crippen molar-refractivity contribution in [3.63, 3.8) is 0 Å². The van der Waals surface area contributed by atoms with E-state index < -0.39 is 7.80 Å². The molecule has 2 nitrogen and oxygen atoms in total. The number of ether oxygens (including phenoxy) is 1. The molecule has 0 spiro atoms. The van der Waals surface area contributed by atoms with E-state index in [1.165, 1.54) is 5.56 Å². The third-order valence-corrected chi connectivity index (χ3v) is 4.11. The molecular formula is C14H14O2P+. The van der Waals surface area contributed by atoms with Gasteiger partial charge < -0.3 is 4.74 Å². The highest BCUT2D eigenvalue weighted by atomic mass is 31.1. The second kappa shape index (κ2) is 5.11. The molecule has 0 heterocycles. The molecule has 1 atom stereocenters. The topological polar surface area (TPSA) is 26.3 Å². The van der Waals surface area contributed by atoms with Crippen LogP contribution in [-0.4, -0.2) is 7.11 Å². The van der Waals surface area contributed by atoms with Gasteiger partial charge in [0, 0.05) is 0 Å². The van der Waals surface area contributed by atoms with Crippen LogP contribution in [0.2, 0.25) is 0 Å². The molecule has 0 amide bonds. The van der Waals surface area contributed by atoms with Gasteiger partial charge in [-0.25, -0.2) is 0 Å². The van der Waals surface area contributed by atoms with E-state index in [9.17, 15) is 4.57 Å². The van der Waals surface area contributed by atoms with Crippen LogP contribution >= 0.6 is 7.80 Å². The molecule has 0 aliphatic carbocycles. The Morgan fingerprint density at radius 1 is 0.882 bits per heavy atom. The van der Waals surface area contributed by atoms with Crippen molar-refractivity contribution >= 4 is 18.4 Å². The van der Waals surface area contributed by atoms with Crippen LogP contribution in [0.25, 0.3) is 0 Å². The minimum absolute atomic E-state index is 0.779. The largest absolute Gasteiger partial charge is 0.497 e. The molecule has 0 radical (unpaired) electrons. The third kappa shape index (κ3) is 2.72. The number of hydrogen-bond acceptors (Lipinski definition) is 2. The van der Waals surface area contributed by atoms with E-state index in [1.807, 2.05) is 55.5 Å². The smallest absolute Gasteiger partial charge is 0.415 e. The van der Waals surface area contributed by atoms with Gasteiger partial charge in [-0.1, -0.05) is 22.3 Å². The van der Waals surface area contributed by atoms with Gasteiger partial charge in [-0.05, 0) is 43.3 Å². The van der Waals surface area contributed by atoms with Gasteiger partial charge in [-0.2, -0.15) is 0 Å². The summed E-state index contributed by atoms with van der Waals surface area (Å²) in [6.07, 6.45) is 0. The fourth-order valence-corrected chi connectivity index (χ4v) is 2.68. The van der Waals surface area contributed by atoms with Gasteiger partial charge in [-0.3, -0.25) is 0 Å². The summed E-state index contributed by atoms with van der Waals surface area (Å²) in [5.41, 5.74) is 1.17. The monoisotopic (exact) mass is 245 g/mol. The van der Waals surface area contributed by atoms with Crippen LogP contribution in [-0.2, 0) is 4.57 Å². The first-order valence-electron chi connectivity index (χ1n) is 5.38. The van der Waals surface area contributed by atoms with E-state index in [0.29, 0.717) is 0 Å². The van der Waals surface area contributed by atoms with Gasteiger partial charge in [0.1, 0.15) is 5.75 Å². The summed E-state index contributed by atoms with van der Waals surface area (Å²) in [5.74, 6) is 0.779. The Balaban J connectivity index is 2.27. The first-order valence-corrected chi connectivity index (χ1v) is 6.64. The van der Waals surface area contributed by atoms with E-state index in [2.05, 4.69) is 0 Å². The molecule has 1 unspecified atom stereocenters. The molecule has 2 rings (SSSR count). The Bertz CT molecular complexity index is 515. The molecule has 0 aromatic heterocycles. The zero-order valence-electron chi connectivity index (χ0n) is 9.88. The summed E-state index contributed by atoms with van der Waals surface area (Å²) in [6, 6.07) is 15.1. The lowest BCUT2D eigenvalue weighted by Gasteiger charge is -1.96. The molecule has 2 aromatic carbocycles. The van der Waals surface area contributed by atoms with E-state index in [1.54, 1.807) is 7.11 Å². The quantitative estimate of drug-likeness (QED) is 0.777. The van der Waals surface area contributed by atoms with Gasteiger partial charge in [0.05, 0.1) is 7.11 Å². The van der Waals surface area contributed by atoms with Crippen molar-refractivity contribution in [3.8, 4) is 5.75 Å². The highest BCUT2D eigenvalue weighted by Gasteiger charge is 2.22. The molecule has 86 valence electrons. The van der Waals surface area contributed by atoms with E-state index in [-0.39, 0.29) is 0 Å². The van der Waals surface area contributed by atoms with Crippen LogP contribution in [0.1, 0.15) is 5.56 Å². The van der Waals surface area contributed by atoms with Crippen molar-refractivity contribution < 1.29 is 9.30 Å². The second-order valence-corrected chi connectivity index (χ2v) is 5.45. The molecule has 0 saturated heterocycles.